The number of ether oxygens (including phenoxy) is 1. The second kappa shape index (κ2) is 4.75. The van der Waals surface area contributed by atoms with Gasteiger partial charge in [0.25, 0.3) is 0 Å². The molecule has 15 heavy (non-hydrogen) atoms. The molecular formula is C10H11N3OS. The van der Waals surface area contributed by atoms with Crippen LogP contribution in [-0.2, 0) is 6.54 Å². The van der Waals surface area contributed by atoms with Crippen LogP contribution in [0.1, 0.15) is 4.88 Å². The van der Waals surface area contributed by atoms with Crippen molar-refractivity contribution in [3.63, 3.8) is 0 Å². The summed E-state index contributed by atoms with van der Waals surface area (Å²) in [4.78, 5) is 9.47. The molecule has 0 aliphatic heterocycles. The summed E-state index contributed by atoms with van der Waals surface area (Å²) in [6.45, 7) is 0.754. The first kappa shape index (κ1) is 9.92. The second-order valence-electron chi connectivity index (χ2n) is 2.88. The summed E-state index contributed by atoms with van der Waals surface area (Å²) >= 11 is 1.71. The minimum atomic E-state index is 0.615. The van der Waals surface area contributed by atoms with Gasteiger partial charge in [-0.1, -0.05) is 6.07 Å². The molecule has 0 aliphatic carbocycles. The Balaban J connectivity index is 1.93. The van der Waals surface area contributed by atoms with Crippen molar-refractivity contribution in [3.05, 3.63) is 34.8 Å². The van der Waals surface area contributed by atoms with E-state index in [1.54, 1.807) is 30.8 Å². The number of nitrogens with one attached hydrogen (secondary N) is 1. The molecule has 0 fully saturated rings. The molecule has 0 unspecified atom stereocenters. The van der Waals surface area contributed by atoms with E-state index in [2.05, 4.69) is 21.4 Å². The standard InChI is InChI=1S/C10H11N3OS/c1-14-8-5-11-10(12-6-8)13-7-9-3-2-4-15-9/h2-6H,7H2,1H3,(H,11,12,13). The molecule has 1 N–H and O–H groups in total. The van der Waals surface area contributed by atoms with E-state index >= 15 is 0 Å². The lowest BCUT2D eigenvalue weighted by Gasteiger charge is -2.03. The molecule has 2 aromatic rings. The van der Waals surface area contributed by atoms with E-state index in [9.17, 15) is 0 Å². The third-order valence-corrected chi connectivity index (χ3v) is 2.74. The number of hydrogen-bond acceptors (Lipinski definition) is 5. The normalized spacial score (nSPS) is 9.93. The highest BCUT2D eigenvalue weighted by atomic mass is 32.1. The Morgan fingerprint density at radius 2 is 2.20 bits per heavy atom. The van der Waals surface area contributed by atoms with Crippen LogP contribution in [0.25, 0.3) is 0 Å². The van der Waals surface area contributed by atoms with Crippen LogP contribution in [0.3, 0.4) is 0 Å². The van der Waals surface area contributed by atoms with Crippen LogP contribution in [0.15, 0.2) is 29.9 Å². The van der Waals surface area contributed by atoms with Gasteiger partial charge in [0.15, 0.2) is 5.75 Å². The molecule has 2 aromatic heterocycles. The van der Waals surface area contributed by atoms with Gasteiger partial charge in [0.1, 0.15) is 0 Å². The van der Waals surface area contributed by atoms with Gasteiger partial charge in [0.05, 0.1) is 26.0 Å². The number of thiophene rings is 1. The van der Waals surface area contributed by atoms with Gasteiger partial charge in [-0.25, -0.2) is 9.97 Å². The lowest BCUT2D eigenvalue weighted by atomic mass is 10.5. The fourth-order valence-electron chi connectivity index (χ4n) is 1.09. The Bertz CT molecular complexity index is 399. The van der Waals surface area contributed by atoms with Crippen LogP contribution in [0.2, 0.25) is 0 Å². The molecule has 0 radical (unpaired) electrons. The van der Waals surface area contributed by atoms with Crippen molar-refractivity contribution in [2.45, 2.75) is 6.54 Å². The maximum absolute atomic E-state index is 4.97. The molecule has 0 spiro atoms. The maximum atomic E-state index is 4.97. The molecule has 0 saturated heterocycles. The van der Waals surface area contributed by atoms with E-state index in [-0.39, 0.29) is 0 Å². The Hall–Kier alpha value is -1.62. The Morgan fingerprint density at radius 1 is 1.40 bits per heavy atom. The Morgan fingerprint density at radius 3 is 2.80 bits per heavy atom. The number of methoxy groups -OCH3 is 1. The van der Waals surface area contributed by atoms with Crippen molar-refractivity contribution >= 4 is 17.3 Å². The van der Waals surface area contributed by atoms with Gasteiger partial charge in [-0.3, -0.25) is 0 Å². The van der Waals surface area contributed by atoms with Crippen LogP contribution in [0.5, 0.6) is 5.75 Å². The van der Waals surface area contributed by atoms with Crippen LogP contribution in [0.4, 0.5) is 5.95 Å². The predicted molar refractivity (Wildman–Crippen MR) is 60.2 cm³/mol. The SMILES string of the molecule is COc1cnc(NCc2cccs2)nc1. The second-order valence-corrected chi connectivity index (χ2v) is 3.91. The summed E-state index contributed by atoms with van der Waals surface area (Å²) in [5.74, 6) is 1.28. The molecule has 78 valence electrons. The summed E-state index contributed by atoms with van der Waals surface area (Å²) in [5, 5.41) is 5.18. The number of nitrogens with zero attached hydrogens (tertiary/aromatic N) is 2. The minimum Gasteiger partial charge on any atom is -0.494 e. The number of hydrogen-bond donors (Lipinski definition) is 1. The fraction of sp³-hybridized carbons (Fsp3) is 0.200. The average Bonchev–Trinajstić information content (AvgIpc) is 2.80. The van der Waals surface area contributed by atoms with Gasteiger partial charge in [-0.2, -0.15) is 0 Å². The first-order chi connectivity index (χ1) is 7.38. The lowest BCUT2D eigenvalue weighted by Crippen LogP contribution is -2.01. The number of rotatable bonds is 4. The summed E-state index contributed by atoms with van der Waals surface area (Å²) in [6, 6.07) is 4.09. The molecule has 2 heterocycles. The Kier molecular flexibility index (Phi) is 3.14. The van der Waals surface area contributed by atoms with Crippen molar-refractivity contribution in [1.82, 2.24) is 9.97 Å². The molecule has 4 nitrogen and oxygen atoms in total. The van der Waals surface area contributed by atoms with Crippen LogP contribution in [0, 0.1) is 0 Å². The van der Waals surface area contributed by atoms with Gasteiger partial charge in [-0.05, 0) is 11.4 Å². The van der Waals surface area contributed by atoms with Crippen molar-refractivity contribution in [1.29, 1.82) is 0 Å². The quantitative estimate of drug-likeness (QED) is 0.859. The highest BCUT2D eigenvalue weighted by Gasteiger charge is 1.97. The molecule has 0 amide bonds. The van der Waals surface area contributed by atoms with Crippen molar-refractivity contribution in [2.75, 3.05) is 12.4 Å². The van der Waals surface area contributed by atoms with Crippen LogP contribution < -0.4 is 10.1 Å². The third-order valence-electron chi connectivity index (χ3n) is 1.86. The largest absolute Gasteiger partial charge is 0.494 e. The van der Waals surface area contributed by atoms with Gasteiger partial charge in [0.2, 0.25) is 5.95 Å². The van der Waals surface area contributed by atoms with Gasteiger partial charge >= 0.3 is 0 Å². The molecule has 0 aromatic carbocycles. The van der Waals surface area contributed by atoms with E-state index in [0.29, 0.717) is 11.7 Å². The highest BCUT2D eigenvalue weighted by molar-refractivity contribution is 7.09. The summed E-state index contributed by atoms with van der Waals surface area (Å²) in [5.41, 5.74) is 0. The molecule has 0 aliphatic rings. The smallest absolute Gasteiger partial charge is 0.223 e. The molecule has 0 atom stereocenters. The van der Waals surface area contributed by atoms with E-state index in [1.807, 2.05) is 11.4 Å². The monoisotopic (exact) mass is 221 g/mol. The predicted octanol–water partition coefficient (Wildman–Crippen LogP) is 2.16. The number of aromatic nitrogens is 2. The minimum absolute atomic E-state index is 0.615. The highest BCUT2D eigenvalue weighted by Crippen LogP contribution is 2.11. The molecular weight excluding hydrogens is 210 g/mol. The van der Waals surface area contributed by atoms with Gasteiger partial charge < -0.3 is 10.1 Å². The molecule has 0 bridgehead atoms. The molecule has 5 heteroatoms. The molecule has 0 saturated carbocycles. The van der Waals surface area contributed by atoms with Gasteiger partial charge in [-0.15, -0.1) is 11.3 Å². The first-order valence-electron chi connectivity index (χ1n) is 4.51. The summed E-state index contributed by atoms with van der Waals surface area (Å²) in [7, 11) is 1.59. The zero-order valence-corrected chi connectivity index (χ0v) is 9.12. The molecule has 2 rings (SSSR count). The Labute approximate surface area is 92.0 Å². The van der Waals surface area contributed by atoms with E-state index in [1.165, 1.54) is 4.88 Å². The van der Waals surface area contributed by atoms with Crippen molar-refractivity contribution < 1.29 is 4.74 Å². The first-order valence-corrected chi connectivity index (χ1v) is 5.39. The fourth-order valence-corrected chi connectivity index (χ4v) is 1.74. The van der Waals surface area contributed by atoms with Crippen LogP contribution in [-0.4, -0.2) is 17.1 Å². The lowest BCUT2D eigenvalue weighted by molar-refractivity contribution is 0.411. The zero-order chi connectivity index (χ0) is 10.5. The summed E-state index contributed by atoms with van der Waals surface area (Å²) in [6.07, 6.45) is 3.29. The topological polar surface area (TPSA) is 47.0 Å². The van der Waals surface area contributed by atoms with Crippen molar-refractivity contribution in [2.24, 2.45) is 0 Å². The zero-order valence-electron chi connectivity index (χ0n) is 8.30. The van der Waals surface area contributed by atoms with E-state index < -0.39 is 0 Å². The van der Waals surface area contributed by atoms with E-state index in [0.717, 1.165) is 6.54 Å². The summed E-state index contributed by atoms with van der Waals surface area (Å²) < 4.78 is 4.97. The van der Waals surface area contributed by atoms with E-state index in [4.69, 9.17) is 4.74 Å². The van der Waals surface area contributed by atoms with Crippen LogP contribution >= 0.6 is 11.3 Å². The average molecular weight is 221 g/mol. The maximum Gasteiger partial charge on any atom is 0.223 e. The van der Waals surface area contributed by atoms with Crippen molar-refractivity contribution in [3.8, 4) is 5.75 Å². The third kappa shape index (κ3) is 2.66. The van der Waals surface area contributed by atoms with Gasteiger partial charge in [0, 0.05) is 4.88 Å². The number of anilines is 1.